The van der Waals surface area contributed by atoms with Crippen LogP contribution in [0.2, 0.25) is 5.02 Å². The number of amides is 1. The fourth-order valence-corrected chi connectivity index (χ4v) is 5.63. The Balaban J connectivity index is 1.16. The number of halogens is 1. The third-order valence-electron chi connectivity index (χ3n) is 7.48. The number of rotatable bonds is 8. The van der Waals surface area contributed by atoms with E-state index in [1.165, 1.54) is 0 Å². The second-order valence-electron chi connectivity index (χ2n) is 9.98. The number of aliphatic imine (C=N–C) groups is 1. The van der Waals surface area contributed by atoms with Gasteiger partial charge < -0.3 is 14.4 Å². The molecular formula is C31H29ClN4O4. The van der Waals surface area contributed by atoms with Crippen molar-refractivity contribution in [2.24, 2.45) is 4.99 Å². The highest BCUT2D eigenvalue weighted by Gasteiger charge is 2.32. The lowest BCUT2D eigenvalue weighted by Gasteiger charge is -2.20. The molecule has 0 saturated carbocycles. The van der Waals surface area contributed by atoms with Crippen LogP contribution in [0.3, 0.4) is 0 Å². The molecule has 3 aromatic carbocycles. The van der Waals surface area contributed by atoms with Crippen molar-refractivity contribution in [3.05, 3.63) is 81.7 Å². The van der Waals surface area contributed by atoms with Gasteiger partial charge in [-0.25, -0.2) is 4.79 Å². The minimum Gasteiger partial charge on any atom is -0.493 e. The maximum Gasteiger partial charge on any atom is 0.348 e. The highest BCUT2D eigenvalue weighted by atomic mass is 35.5. The number of carbonyl (C=O) groups excluding carboxylic acids is 1. The lowest BCUT2D eigenvalue weighted by atomic mass is 10.1. The second-order valence-corrected chi connectivity index (χ2v) is 10.4. The molecular weight excluding hydrogens is 528 g/mol. The number of hydrogen-bond donors (Lipinski definition) is 0. The Morgan fingerprint density at radius 1 is 1.02 bits per heavy atom. The summed E-state index contributed by atoms with van der Waals surface area (Å²) in [5.74, 6) is 1.02. The van der Waals surface area contributed by atoms with Gasteiger partial charge >= 0.3 is 5.69 Å². The van der Waals surface area contributed by atoms with E-state index in [1.807, 2.05) is 53.6 Å². The van der Waals surface area contributed by atoms with Crippen LogP contribution in [-0.4, -0.2) is 52.9 Å². The van der Waals surface area contributed by atoms with E-state index in [4.69, 9.17) is 21.1 Å². The summed E-state index contributed by atoms with van der Waals surface area (Å²) in [4.78, 5) is 37.0. The highest BCUT2D eigenvalue weighted by Crippen LogP contribution is 2.38. The molecule has 4 aromatic rings. The third kappa shape index (κ3) is 4.95. The standard InChI is InChI=1S/C31H29ClN4O4/c1-39-27-17-23-25(33-19-22-10-7-14-35(22)30(23)37)18-28(27)40-15-6-5-13-36-26-12-11-21(32)16-24(26)29(34-31(36)38)20-8-3-2-4-9-20/h2-4,8-9,11-12,16-19,22H,5-7,10,13-15H2,1H3/t22-/m0/s1. The first-order valence-electron chi connectivity index (χ1n) is 13.5. The molecule has 1 saturated heterocycles. The van der Waals surface area contributed by atoms with Crippen LogP contribution < -0.4 is 15.2 Å². The topological polar surface area (TPSA) is 86.0 Å². The zero-order chi connectivity index (χ0) is 27.6. The average molecular weight is 557 g/mol. The molecule has 40 heavy (non-hydrogen) atoms. The molecule has 0 aliphatic carbocycles. The number of nitrogens with zero attached hydrogens (tertiary/aromatic N) is 4. The van der Waals surface area contributed by atoms with Crippen molar-refractivity contribution in [1.82, 2.24) is 14.5 Å². The molecule has 2 aliphatic heterocycles. The van der Waals surface area contributed by atoms with Gasteiger partial charge in [-0.15, -0.1) is 0 Å². The summed E-state index contributed by atoms with van der Waals surface area (Å²) in [5.41, 5.74) is 3.11. The van der Waals surface area contributed by atoms with Crippen molar-refractivity contribution in [2.75, 3.05) is 20.3 Å². The van der Waals surface area contributed by atoms with E-state index < -0.39 is 0 Å². The molecule has 1 fully saturated rings. The number of carbonyl (C=O) groups is 1. The van der Waals surface area contributed by atoms with Gasteiger partial charge in [0.05, 0.1) is 42.2 Å². The fourth-order valence-electron chi connectivity index (χ4n) is 5.46. The molecule has 1 amide bonds. The summed E-state index contributed by atoms with van der Waals surface area (Å²) in [7, 11) is 1.56. The van der Waals surface area contributed by atoms with Gasteiger partial charge in [0.15, 0.2) is 11.5 Å². The molecule has 0 radical (unpaired) electrons. The van der Waals surface area contributed by atoms with Gasteiger partial charge in [-0.05, 0) is 49.9 Å². The third-order valence-corrected chi connectivity index (χ3v) is 7.72. The Morgan fingerprint density at radius 2 is 1.88 bits per heavy atom. The van der Waals surface area contributed by atoms with E-state index in [1.54, 1.807) is 29.9 Å². The number of unbranched alkanes of at least 4 members (excludes halogenated alkanes) is 1. The van der Waals surface area contributed by atoms with Crippen molar-refractivity contribution in [2.45, 2.75) is 38.3 Å². The minimum atomic E-state index is -0.301. The maximum absolute atomic E-state index is 13.1. The van der Waals surface area contributed by atoms with Crippen molar-refractivity contribution < 1.29 is 14.3 Å². The number of aryl methyl sites for hydroxylation is 1. The number of fused-ring (bicyclic) bond motifs is 3. The van der Waals surface area contributed by atoms with E-state index in [9.17, 15) is 9.59 Å². The predicted octanol–water partition coefficient (Wildman–Crippen LogP) is 5.91. The molecule has 204 valence electrons. The molecule has 1 aromatic heterocycles. The van der Waals surface area contributed by atoms with Crippen molar-refractivity contribution >= 4 is 40.3 Å². The first-order valence-corrected chi connectivity index (χ1v) is 13.9. The Morgan fingerprint density at radius 3 is 2.70 bits per heavy atom. The first-order chi connectivity index (χ1) is 19.5. The normalized spacial score (nSPS) is 16.1. The Bertz CT molecular complexity index is 1670. The molecule has 8 nitrogen and oxygen atoms in total. The molecule has 6 rings (SSSR count). The van der Waals surface area contributed by atoms with Gasteiger partial charge in [-0.3, -0.25) is 14.4 Å². The van der Waals surface area contributed by atoms with E-state index in [0.29, 0.717) is 59.5 Å². The first kappa shape index (κ1) is 26.1. The lowest BCUT2D eigenvalue weighted by Crippen LogP contribution is -2.35. The largest absolute Gasteiger partial charge is 0.493 e. The molecule has 2 aliphatic rings. The summed E-state index contributed by atoms with van der Waals surface area (Å²) < 4.78 is 13.3. The number of hydrogen-bond acceptors (Lipinski definition) is 6. The SMILES string of the molecule is COc1cc2c(cc1OCCCCn1c(=O)nc(-c3ccccc3)c3cc(Cl)ccc31)N=C[C@@H]1CCCN1C2=O. The number of aromatic nitrogens is 2. The zero-order valence-electron chi connectivity index (χ0n) is 22.2. The minimum absolute atomic E-state index is 0.0225. The summed E-state index contributed by atoms with van der Waals surface area (Å²) in [6.07, 6.45) is 5.17. The van der Waals surface area contributed by atoms with E-state index in [2.05, 4.69) is 9.98 Å². The van der Waals surface area contributed by atoms with Gasteiger partial charge in [0, 0.05) is 41.3 Å². The molecule has 9 heteroatoms. The summed E-state index contributed by atoms with van der Waals surface area (Å²) in [6.45, 7) is 1.64. The van der Waals surface area contributed by atoms with Crippen LogP contribution in [0.25, 0.3) is 22.2 Å². The van der Waals surface area contributed by atoms with Crippen LogP contribution in [0, 0.1) is 0 Å². The highest BCUT2D eigenvalue weighted by molar-refractivity contribution is 6.31. The lowest BCUT2D eigenvalue weighted by molar-refractivity contribution is 0.0774. The van der Waals surface area contributed by atoms with Gasteiger partial charge in [0.2, 0.25) is 0 Å². The van der Waals surface area contributed by atoms with Gasteiger partial charge in [-0.1, -0.05) is 41.9 Å². The van der Waals surface area contributed by atoms with E-state index >= 15 is 0 Å². The van der Waals surface area contributed by atoms with Gasteiger partial charge in [-0.2, -0.15) is 4.98 Å². The van der Waals surface area contributed by atoms with Crippen molar-refractivity contribution in [1.29, 1.82) is 0 Å². The van der Waals surface area contributed by atoms with Crippen LogP contribution in [0.15, 0.2) is 70.5 Å². The fraction of sp³-hybridized carbons (Fsp3) is 0.290. The number of ether oxygens (including phenoxy) is 2. The monoisotopic (exact) mass is 556 g/mol. The maximum atomic E-state index is 13.1. The Labute approximate surface area is 236 Å². The molecule has 3 heterocycles. The molecule has 0 bridgehead atoms. The van der Waals surface area contributed by atoms with Crippen LogP contribution in [0.5, 0.6) is 11.5 Å². The molecule has 0 unspecified atom stereocenters. The predicted molar refractivity (Wildman–Crippen MR) is 156 cm³/mol. The quantitative estimate of drug-likeness (QED) is 0.252. The summed E-state index contributed by atoms with van der Waals surface area (Å²) in [5, 5.41) is 1.42. The molecule has 1 atom stereocenters. The zero-order valence-corrected chi connectivity index (χ0v) is 22.9. The smallest absolute Gasteiger partial charge is 0.348 e. The van der Waals surface area contributed by atoms with E-state index in [0.717, 1.165) is 35.9 Å². The second kappa shape index (κ2) is 11.1. The average Bonchev–Trinajstić information content (AvgIpc) is 3.41. The Hall–Kier alpha value is -4.17. The summed E-state index contributed by atoms with van der Waals surface area (Å²) >= 11 is 6.31. The van der Waals surface area contributed by atoms with Gasteiger partial charge in [0.25, 0.3) is 5.91 Å². The van der Waals surface area contributed by atoms with Crippen LogP contribution in [0.4, 0.5) is 5.69 Å². The number of benzene rings is 3. The number of methoxy groups -OCH3 is 1. The van der Waals surface area contributed by atoms with Crippen LogP contribution >= 0.6 is 11.6 Å². The van der Waals surface area contributed by atoms with Crippen molar-refractivity contribution in [3.63, 3.8) is 0 Å². The van der Waals surface area contributed by atoms with Crippen LogP contribution in [0.1, 0.15) is 36.0 Å². The summed E-state index contributed by atoms with van der Waals surface area (Å²) in [6, 6.07) is 18.7. The molecule has 0 N–H and O–H groups in total. The van der Waals surface area contributed by atoms with Crippen molar-refractivity contribution in [3.8, 4) is 22.8 Å². The van der Waals surface area contributed by atoms with Gasteiger partial charge in [0.1, 0.15) is 0 Å². The van der Waals surface area contributed by atoms with Crippen LogP contribution in [-0.2, 0) is 6.54 Å². The Kier molecular flexibility index (Phi) is 7.26. The molecule has 0 spiro atoms. The van der Waals surface area contributed by atoms with E-state index in [-0.39, 0.29) is 17.6 Å².